The molecule has 18 heavy (non-hydrogen) atoms. The first-order valence-corrected chi connectivity index (χ1v) is 7.38. The van der Waals surface area contributed by atoms with Crippen molar-refractivity contribution in [2.24, 2.45) is 0 Å². The Balaban J connectivity index is 1.82. The van der Waals surface area contributed by atoms with Gasteiger partial charge in [0.15, 0.2) is 0 Å². The van der Waals surface area contributed by atoms with E-state index in [0.717, 1.165) is 0 Å². The molecular formula is C18H24. The second-order valence-electron chi connectivity index (χ2n) is 5.16. The minimum Gasteiger partial charge on any atom is -0.0654 e. The highest BCUT2D eigenvalue weighted by atomic mass is 14.1. The highest BCUT2D eigenvalue weighted by Gasteiger charge is 2.06. The summed E-state index contributed by atoms with van der Waals surface area (Å²) in [5.74, 6) is 0. The van der Waals surface area contributed by atoms with Crippen LogP contribution in [0.4, 0.5) is 0 Å². The van der Waals surface area contributed by atoms with Gasteiger partial charge in [-0.1, -0.05) is 81.5 Å². The fourth-order valence-corrected chi connectivity index (χ4v) is 2.59. The van der Waals surface area contributed by atoms with Crippen LogP contribution in [-0.4, -0.2) is 0 Å². The zero-order valence-corrected chi connectivity index (χ0v) is 11.5. The molecule has 0 aromatic heterocycles. The molecule has 0 bridgehead atoms. The van der Waals surface area contributed by atoms with Crippen molar-refractivity contribution in [2.45, 2.75) is 51.9 Å². The Hall–Kier alpha value is -1.30. The Morgan fingerprint density at radius 3 is 2.39 bits per heavy atom. The average Bonchev–Trinajstić information content (AvgIpc) is 2.62. The molecule has 0 saturated carbocycles. The Kier molecular flexibility index (Phi) is 5.26. The molecule has 0 unspecified atom stereocenters. The SMILES string of the molecule is CCCCCCCCc1ccc2cccccc1-2. The fourth-order valence-electron chi connectivity index (χ4n) is 2.59. The number of fused-ring (bicyclic) bond motifs is 1. The predicted octanol–water partition coefficient (Wildman–Crippen LogP) is 5.69. The van der Waals surface area contributed by atoms with Crippen molar-refractivity contribution in [3.8, 4) is 11.1 Å². The molecule has 96 valence electrons. The molecule has 0 heterocycles. The monoisotopic (exact) mass is 240 g/mol. The number of hydrogen-bond acceptors (Lipinski definition) is 0. The van der Waals surface area contributed by atoms with Gasteiger partial charge in [0.25, 0.3) is 0 Å². The van der Waals surface area contributed by atoms with E-state index in [9.17, 15) is 0 Å². The molecule has 0 heteroatoms. The number of rotatable bonds is 7. The molecule has 2 aliphatic carbocycles. The summed E-state index contributed by atoms with van der Waals surface area (Å²) in [4.78, 5) is 0. The van der Waals surface area contributed by atoms with E-state index in [-0.39, 0.29) is 0 Å². The largest absolute Gasteiger partial charge is 0.0654 e. The van der Waals surface area contributed by atoms with Crippen LogP contribution in [0.2, 0.25) is 0 Å². The first kappa shape index (κ1) is 13.1. The summed E-state index contributed by atoms with van der Waals surface area (Å²) in [6, 6.07) is 15.4. The molecule has 0 atom stereocenters. The average molecular weight is 240 g/mol. The smallest absolute Gasteiger partial charge is 0.0152 e. The summed E-state index contributed by atoms with van der Waals surface area (Å²) in [5, 5.41) is 0. The standard InChI is InChI=1S/C18H24/c1-2-3-4-5-6-8-11-16-14-15-17-12-9-7-10-13-18(16)17/h7,9-10,12-15H,2-6,8,11H2,1H3. The second-order valence-corrected chi connectivity index (χ2v) is 5.16. The summed E-state index contributed by atoms with van der Waals surface area (Å²) in [5.41, 5.74) is 4.34. The van der Waals surface area contributed by atoms with Crippen LogP contribution in [0.1, 0.15) is 51.0 Å². The maximum Gasteiger partial charge on any atom is -0.0152 e. The molecule has 2 aliphatic rings. The third-order valence-corrected chi connectivity index (χ3v) is 3.68. The maximum absolute atomic E-state index is 2.30. The lowest BCUT2D eigenvalue weighted by molar-refractivity contribution is 0.608. The van der Waals surface area contributed by atoms with Crippen LogP contribution in [-0.2, 0) is 6.42 Å². The molecule has 0 radical (unpaired) electrons. The molecule has 0 saturated heterocycles. The van der Waals surface area contributed by atoms with Gasteiger partial charge >= 0.3 is 0 Å². The van der Waals surface area contributed by atoms with Gasteiger partial charge in [0.05, 0.1) is 0 Å². The van der Waals surface area contributed by atoms with Crippen LogP contribution in [0, 0.1) is 0 Å². The van der Waals surface area contributed by atoms with Gasteiger partial charge in [-0.15, -0.1) is 0 Å². The Bertz CT molecular complexity index is 430. The number of unbranched alkanes of at least 4 members (excludes halogenated alkanes) is 5. The molecule has 0 N–H and O–H groups in total. The lowest BCUT2D eigenvalue weighted by atomic mass is 10.0. The molecule has 0 amide bonds. The topological polar surface area (TPSA) is 0 Å². The molecule has 0 aliphatic heterocycles. The van der Waals surface area contributed by atoms with Crippen LogP contribution in [0.3, 0.4) is 0 Å². The van der Waals surface area contributed by atoms with Gasteiger partial charge in [-0.05, 0) is 29.5 Å². The summed E-state index contributed by atoms with van der Waals surface area (Å²) in [6.07, 6.45) is 9.50. The van der Waals surface area contributed by atoms with Crippen LogP contribution in [0.25, 0.3) is 11.1 Å². The van der Waals surface area contributed by atoms with E-state index in [1.807, 2.05) is 0 Å². The van der Waals surface area contributed by atoms with Crippen molar-refractivity contribution in [3.05, 3.63) is 48.0 Å². The van der Waals surface area contributed by atoms with Crippen LogP contribution >= 0.6 is 0 Å². The van der Waals surface area contributed by atoms with Gasteiger partial charge in [0.2, 0.25) is 0 Å². The molecular weight excluding hydrogens is 216 g/mol. The van der Waals surface area contributed by atoms with E-state index in [0.29, 0.717) is 0 Å². The van der Waals surface area contributed by atoms with Gasteiger partial charge in [-0.25, -0.2) is 0 Å². The summed E-state index contributed by atoms with van der Waals surface area (Å²) in [7, 11) is 0. The second kappa shape index (κ2) is 7.20. The molecule has 0 fully saturated rings. The van der Waals surface area contributed by atoms with Crippen molar-refractivity contribution in [1.82, 2.24) is 0 Å². The zero-order chi connectivity index (χ0) is 12.6. The van der Waals surface area contributed by atoms with Gasteiger partial charge < -0.3 is 0 Å². The summed E-state index contributed by atoms with van der Waals surface area (Å²) < 4.78 is 0. The fraction of sp³-hybridized carbons (Fsp3) is 0.444. The van der Waals surface area contributed by atoms with E-state index >= 15 is 0 Å². The van der Waals surface area contributed by atoms with Crippen LogP contribution in [0.5, 0.6) is 0 Å². The van der Waals surface area contributed by atoms with E-state index < -0.39 is 0 Å². The summed E-state index contributed by atoms with van der Waals surface area (Å²) >= 11 is 0. The minimum absolute atomic E-state index is 1.24. The molecule has 0 spiro atoms. The first-order chi connectivity index (χ1) is 8.92. The highest BCUT2D eigenvalue weighted by Crippen LogP contribution is 2.28. The molecule has 2 rings (SSSR count). The van der Waals surface area contributed by atoms with E-state index in [1.54, 1.807) is 0 Å². The van der Waals surface area contributed by atoms with Crippen molar-refractivity contribution in [1.29, 1.82) is 0 Å². The quantitative estimate of drug-likeness (QED) is 0.545. The minimum atomic E-state index is 1.24. The van der Waals surface area contributed by atoms with Gasteiger partial charge in [0.1, 0.15) is 0 Å². The Labute approximate surface area is 111 Å². The maximum atomic E-state index is 2.30. The zero-order valence-electron chi connectivity index (χ0n) is 11.5. The normalized spacial score (nSPS) is 10.9. The Morgan fingerprint density at radius 1 is 0.722 bits per heavy atom. The first-order valence-electron chi connectivity index (χ1n) is 7.38. The van der Waals surface area contributed by atoms with Crippen molar-refractivity contribution >= 4 is 0 Å². The van der Waals surface area contributed by atoms with Crippen molar-refractivity contribution in [3.63, 3.8) is 0 Å². The highest BCUT2D eigenvalue weighted by molar-refractivity contribution is 5.70. The van der Waals surface area contributed by atoms with Crippen molar-refractivity contribution < 1.29 is 0 Å². The number of hydrogen-bond donors (Lipinski definition) is 0. The predicted molar refractivity (Wildman–Crippen MR) is 80.1 cm³/mol. The lowest BCUT2D eigenvalue weighted by Crippen LogP contribution is -1.85. The van der Waals surface area contributed by atoms with Crippen molar-refractivity contribution in [2.75, 3.05) is 0 Å². The number of aryl methyl sites for hydroxylation is 1. The molecule has 0 nitrogen and oxygen atoms in total. The van der Waals surface area contributed by atoms with Gasteiger partial charge in [-0.3, -0.25) is 0 Å². The van der Waals surface area contributed by atoms with Crippen LogP contribution in [0.15, 0.2) is 42.5 Å². The van der Waals surface area contributed by atoms with Gasteiger partial charge in [-0.2, -0.15) is 0 Å². The lowest BCUT2D eigenvalue weighted by Gasteiger charge is -2.02. The van der Waals surface area contributed by atoms with E-state index in [2.05, 4.69) is 49.4 Å². The van der Waals surface area contributed by atoms with Gasteiger partial charge in [0, 0.05) is 0 Å². The molecule has 0 aromatic carbocycles. The van der Waals surface area contributed by atoms with E-state index in [4.69, 9.17) is 0 Å². The third-order valence-electron chi connectivity index (χ3n) is 3.68. The third kappa shape index (κ3) is 3.60. The summed E-state index contributed by atoms with van der Waals surface area (Å²) in [6.45, 7) is 2.27. The van der Waals surface area contributed by atoms with E-state index in [1.165, 1.54) is 61.6 Å². The Morgan fingerprint density at radius 2 is 1.50 bits per heavy atom. The molecule has 0 aromatic rings. The van der Waals surface area contributed by atoms with Crippen LogP contribution < -0.4 is 0 Å².